The molecule has 0 N–H and O–H groups in total. The van der Waals surface area contributed by atoms with E-state index in [1.165, 1.54) is 0 Å². The normalized spacial score (nSPS) is 17.1. The van der Waals surface area contributed by atoms with Crippen molar-refractivity contribution < 1.29 is 18.0 Å². The number of ketones is 2. The Kier molecular flexibility index (Phi) is 6.84. The van der Waals surface area contributed by atoms with Crippen LogP contribution in [0.25, 0.3) is 0 Å². The number of nitrogens with zero attached hydrogens (tertiary/aromatic N) is 1. The third kappa shape index (κ3) is 5.82. The number of Topliss-reactive ketones (excluding diaryl/α,β-unsaturated/α-hetero) is 2. The Morgan fingerprint density at radius 2 is 1.70 bits per heavy atom. The lowest BCUT2D eigenvalue weighted by molar-refractivity contribution is 0.0891. The van der Waals surface area contributed by atoms with E-state index in [2.05, 4.69) is 4.98 Å². The molecule has 170 valence electrons. The monoisotopic (exact) mass is 461 g/mol. The van der Waals surface area contributed by atoms with Gasteiger partial charge in [-0.1, -0.05) is 36.4 Å². The smallest absolute Gasteiger partial charge is 0.188 e. The van der Waals surface area contributed by atoms with Crippen molar-refractivity contribution >= 4 is 21.4 Å². The summed E-state index contributed by atoms with van der Waals surface area (Å²) in [5.41, 5.74) is 4.48. The van der Waals surface area contributed by atoms with Gasteiger partial charge in [0.2, 0.25) is 0 Å². The zero-order valence-electron chi connectivity index (χ0n) is 18.7. The second kappa shape index (κ2) is 9.79. The molecule has 1 saturated heterocycles. The molecule has 1 unspecified atom stereocenters. The maximum atomic E-state index is 13.1. The van der Waals surface area contributed by atoms with E-state index in [1.54, 1.807) is 24.4 Å². The molecule has 2 aromatic carbocycles. The first-order chi connectivity index (χ1) is 15.8. The maximum Gasteiger partial charge on any atom is 0.188 e. The Balaban J connectivity index is 1.61. The van der Waals surface area contributed by atoms with E-state index in [-0.39, 0.29) is 29.4 Å². The number of aryl methyl sites for hydroxylation is 1. The van der Waals surface area contributed by atoms with Crippen LogP contribution < -0.4 is 0 Å². The van der Waals surface area contributed by atoms with Crippen molar-refractivity contribution in [2.24, 2.45) is 0 Å². The minimum absolute atomic E-state index is 0.227. The molecule has 0 spiro atoms. The Labute approximate surface area is 194 Å². The summed E-state index contributed by atoms with van der Waals surface area (Å²) in [5.74, 6) is -0.378. The molecule has 1 fully saturated rings. The standard InChI is InChI=1S/C27H27NO4S/c1-19-9-10-28-25(12-19)27(30)18-26(29)23-15-21(13-20-6-3-2-4-7-20)14-22(16-23)17-24-8-5-11-33(24,31)32/h2-4,6-7,9-10,12,14-16,24H,5,8,11,13,17-18H2,1H3. The van der Waals surface area contributed by atoms with Crippen molar-refractivity contribution in [3.8, 4) is 0 Å². The van der Waals surface area contributed by atoms with Crippen molar-refractivity contribution in [1.82, 2.24) is 4.98 Å². The molecule has 0 bridgehead atoms. The Morgan fingerprint density at radius 3 is 2.39 bits per heavy atom. The molecule has 1 aromatic heterocycles. The summed E-state index contributed by atoms with van der Waals surface area (Å²) >= 11 is 0. The fourth-order valence-corrected chi connectivity index (χ4v) is 6.23. The molecule has 0 aliphatic carbocycles. The number of sulfone groups is 1. The number of carbonyl (C=O) groups is 2. The van der Waals surface area contributed by atoms with Crippen LogP contribution in [0.2, 0.25) is 0 Å². The van der Waals surface area contributed by atoms with Crippen LogP contribution in [0.4, 0.5) is 0 Å². The lowest BCUT2D eigenvalue weighted by atomic mass is 9.94. The van der Waals surface area contributed by atoms with Crippen molar-refractivity contribution in [3.05, 3.63) is 100 Å². The predicted molar refractivity (Wildman–Crippen MR) is 128 cm³/mol. The molecule has 5 nitrogen and oxygen atoms in total. The average molecular weight is 462 g/mol. The highest BCUT2D eigenvalue weighted by atomic mass is 32.2. The fourth-order valence-electron chi connectivity index (χ4n) is 4.35. The number of carbonyl (C=O) groups excluding carboxylic acids is 2. The molecule has 1 aliphatic heterocycles. The number of rotatable bonds is 8. The van der Waals surface area contributed by atoms with Crippen LogP contribution in [-0.2, 0) is 22.7 Å². The van der Waals surface area contributed by atoms with E-state index in [0.29, 0.717) is 31.2 Å². The summed E-state index contributed by atoms with van der Waals surface area (Å²) in [6.45, 7) is 1.87. The molecule has 2 heterocycles. The molecule has 0 amide bonds. The Morgan fingerprint density at radius 1 is 0.939 bits per heavy atom. The minimum atomic E-state index is -3.10. The zero-order valence-corrected chi connectivity index (χ0v) is 19.5. The lowest BCUT2D eigenvalue weighted by Crippen LogP contribution is -2.19. The molecule has 6 heteroatoms. The van der Waals surface area contributed by atoms with Crippen LogP contribution in [0.1, 0.15) is 62.4 Å². The van der Waals surface area contributed by atoms with Crippen molar-refractivity contribution in [3.63, 3.8) is 0 Å². The van der Waals surface area contributed by atoms with Gasteiger partial charge < -0.3 is 0 Å². The third-order valence-electron chi connectivity index (χ3n) is 6.07. The maximum absolute atomic E-state index is 13.1. The van der Waals surface area contributed by atoms with Crippen LogP contribution in [-0.4, -0.2) is 36.0 Å². The summed E-state index contributed by atoms with van der Waals surface area (Å²) in [4.78, 5) is 29.8. The van der Waals surface area contributed by atoms with Gasteiger partial charge in [0.05, 0.1) is 17.4 Å². The second-order valence-corrected chi connectivity index (χ2v) is 11.2. The van der Waals surface area contributed by atoms with Crippen LogP contribution in [0.15, 0.2) is 66.9 Å². The first-order valence-electron chi connectivity index (χ1n) is 11.2. The van der Waals surface area contributed by atoms with Gasteiger partial charge >= 0.3 is 0 Å². The quantitative estimate of drug-likeness (QED) is 0.363. The summed E-state index contributed by atoms with van der Waals surface area (Å²) in [5, 5.41) is -0.412. The van der Waals surface area contributed by atoms with Gasteiger partial charge in [-0.05, 0) is 79.1 Å². The number of pyridine rings is 1. The van der Waals surface area contributed by atoms with E-state index in [9.17, 15) is 18.0 Å². The Hall–Kier alpha value is -3.12. The van der Waals surface area contributed by atoms with E-state index in [1.807, 2.05) is 49.4 Å². The van der Waals surface area contributed by atoms with Crippen LogP contribution >= 0.6 is 0 Å². The van der Waals surface area contributed by atoms with Crippen molar-refractivity contribution in [1.29, 1.82) is 0 Å². The third-order valence-corrected chi connectivity index (χ3v) is 8.35. The van der Waals surface area contributed by atoms with Crippen LogP contribution in [0, 0.1) is 6.92 Å². The molecule has 4 rings (SSSR count). The highest BCUT2D eigenvalue weighted by Gasteiger charge is 2.31. The van der Waals surface area contributed by atoms with E-state index >= 15 is 0 Å². The van der Waals surface area contributed by atoms with Crippen molar-refractivity contribution in [2.75, 3.05) is 5.75 Å². The van der Waals surface area contributed by atoms with E-state index in [0.717, 1.165) is 22.3 Å². The summed E-state index contributed by atoms with van der Waals surface area (Å²) in [6, 6.07) is 18.9. The SMILES string of the molecule is Cc1ccnc(C(=O)CC(=O)c2cc(Cc3ccccc3)cc(CC3CCCS3(=O)=O)c2)c1. The highest BCUT2D eigenvalue weighted by Crippen LogP contribution is 2.26. The zero-order chi connectivity index (χ0) is 23.4. The van der Waals surface area contributed by atoms with Crippen LogP contribution in [0.5, 0.6) is 0 Å². The molecule has 3 aromatic rings. The van der Waals surface area contributed by atoms with Crippen molar-refractivity contribution in [2.45, 2.75) is 44.3 Å². The van der Waals surface area contributed by atoms with Gasteiger partial charge in [0.25, 0.3) is 0 Å². The summed E-state index contributed by atoms with van der Waals surface area (Å²) in [7, 11) is -3.10. The number of aromatic nitrogens is 1. The summed E-state index contributed by atoms with van der Waals surface area (Å²) < 4.78 is 24.7. The van der Waals surface area contributed by atoms with Gasteiger partial charge in [-0.15, -0.1) is 0 Å². The average Bonchev–Trinajstić information content (AvgIpc) is 3.12. The van der Waals surface area contributed by atoms with E-state index in [4.69, 9.17) is 0 Å². The number of hydrogen-bond donors (Lipinski definition) is 0. The van der Waals surface area contributed by atoms with Gasteiger partial charge in [0.15, 0.2) is 21.4 Å². The molecule has 1 aliphatic rings. The predicted octanol–water partition coefficient (Wildman–Crippen LogP) is 4.56. The minimum Gasteiger partial charge on any atom is -0.294 e. The molecular formula is C27H27NO4S. The van der Waals surface area contributed by atoms with E-state index < -0.39 is 15.1 Å². The fraction of sp³-hybridized carbons (Fsp3) is 0.296. The molecule has 0 saturated carbocycles. The second-order valence-electron chi connectivity index (χ2n) is 8.78. The number of hydrogen-bond acceptors (Lipinski definition) is 5. The molecular weight excluding hydrogens is 434 g/mol. The van der Waals surface area contributed by atoms with Gasteiger partial charge in [-0.25, -0.2) is 8.42 Å². The molecule has 0 radical (unpaired) electrons. The Bertz CT molecular complexity index is 1280. The van der Waals surface area contributed by atoms with Crippen LogP contribution in [0.3, 0.4) is 0 Å². The first-order valence-corrected chi connectivity index (χ1v) is 12.9. The topological polar surface area (TPSA) is 81.2 Å². The summed E-state index contributed by atoms with van der Waals surface area (Å²) in [6.07, 6.45) is 3.63. The highest BCUT2D eigenvalue weighted by molar-refractivity contribution is 7.92. The molecule has 1 atom stereocenters. The molecule has 33 heavy (non-hydrogen) atoms. The van der Waals surface area contributed by atoms with Gasteiger partial charge in [-0.3, -0.25) is 14.6 Å². The van der Waals surface area contributed by atoms with Gasteiger partial charge in [-0.2, -0.15) is 0 Å². The first kappa shape index (κ1) is 23.1. The number of benzene rings is 2. The van der Waals surface area contributed by atoms with Gasteiger partial charge in [0.1, 0.15) is 5.69 Å². The lowest BCUT2D eigenvalue weighted by Gasteiger charge is -2.13. The largest absolute Gasteiger partial charge is 0.294 e. The van der Waals surface area contributed by atoms with Gasteiger partial charge in [0, 0.05) is 11.8 Å².